The van der Waals surface area contributed by atoms with Crippen molar-refractivity contribution in [2.75, 3.05) is 0 Å². The Morgan fingerprint density at radius 1 is 0.875 bits per heavy atom. The molecule has 0 saturated carbocycles. The van der Waals surface area contributed by atoms with Gasteiger partial charge in [-0.3, -0.25) is 19.2 Å². The van der Waals surface area contributed by atoms with Gasteiger partial charge in [-0.25, -0.2) is 0 Å². The first kappa shape index (κ1) is 27.1. The van der Waals surface area contributed by atoms with Crippen LogP contribution in [0.3, 0.4) is 0 Å². The molecule has 1 aromatic carbocycles. The molecule has 9 heteroatoms. The number of aliphatic carboxylic acids is 1. The van der Waals surface area contributed by atoms with Crippen LogP contribution in [0.15, 0.2) is 30.3 Å². The van der Waals surface area contributed by atoms with Crippen molar-refractivity contribution in [3.8, 4) is 0 Å². The summed E-state index contributed by atoms with van der Waals surface area (Å²) in [6.45, 7) is 8.67. The summed E-state index contributed by atoms with van der Waals surface area (Å²) in [4.78, 5) is 49.2. The van der Waals surface area contributed by atoms with Crippen LogP contribution in [-0.2, 0) is 25.6 Å². The van der Waals surface area contributed by atoms with Crippen LogP contribution < -0.4 is 21.7 Å². The summed E-state index contributed by atoms with van der Waals surface area (Å²) >= 11 is 0. The molecule has 0 spiro atoms. The van der Waals surface area contributed by atoms with Gasteiger partial charge >= 0.3 is 5.97 Å². The first-order chi connectivity index (χ1) is 14.9. The maximum atomic E-state index is 13.0. The third-order valence-electron chi connectivity index (χ3n) is 4.95. The van der Waals surface area contributed by atoms with Gasteiger partial charge in [0.25, 0.3) is 0 Å². The summed E-state index contributed by atoms with van der Waals surface area (Å²) in [5.41, 5.74) is 6.94. The van der Waals surface area contributed by atoms with Crippen molar-refractivity contribution in [3.05, 3.63) is 35.9 Å². The number of nitrogens with two attached hydrogens (primary N) is 1. The molecule has 9 nitrogen and oxygen atoms in total. The summed E-state index contributed by atoms with van der Waals surface area (Å²) in [5.74, 6) is -2.94. The number of carbonyl (C=O) groups excluding carboxylic acids is 3. The number of carboxylic acids is 1. The van der Waals surface area contributed by atoms with Crippen LogP contribution in [0.4, 0.5) is 0 Å². The predicted octanol–water partition coefficient (Wildman–Crippen LogP) is 0.817. The summed E-state index contributed by atoms with van der Waals surface area (Å²) in [6, 6.07) is 5.56. The molecule has 0 aliphatic carbocycles. The number of carboxylic acid groups (broad SMARTS) is 1. The lowest BCUT2D eigenvalue weighted by molar-refractivity contribution is -0.142. The van der Waals surface area contributed by atoms with E-state index in [1.807, 2.05) is 44.2 Å². The van der Waals surface area contributed by atoms with E-state index >= 15 is 0 Å². The van der Waals surface area contributed by atoms with Gasteiger partial charge in [-0.05, 0) is 37.2 Å². The minimum atomic E-state index is -1.17. The van der Waals surface area contributed by atoms with E-state index in [0.29, 0.717) is 12.8 Å². The summed E-state index contributed by atoms with van der Waals surface area (Å²) in [6.07, 6.45) is 0.640. The molecule has 0 saturated heterocycles. The van der Waals surface area contributed by atoms with Crippen molar-refractivity contribution >= 4 is 23.7 Å². The molecule has 1 rings (SSSR count). The van der Waals surface area contributed by atoms with E-state index in [4.69, 9.17) is 10.8 Å². The topological polar surface area (TPSA) is 151 Å². The normalized spacial score (nSPS) is 14.9. The molecule has 0 heterocycles. The molecule has 0 aliphatic rings. The van der Waals surface area contributed by atoms with Crippen LogP contribution in [0.25, 0.3) is 0 Å². The molecule has 1 aromatic rings. The lowest BCUT2D eigenvalue weighted by Crippen LogP contribution is -2.58. The molecule has 4 atom stereocenters. The van der Waals surface area contributed by atoms with Crippen LogP contribution >= 0.6 is 0 Å². The van der Waals surface area contributed by atoms with Gasteiger partial charge in [-0.2, -0.15) is 0 Å². The molecular formula is C23H36N4O5. The van der Waals surface area contributed by atoms with E-state index in [9.17, 15) is 19.2 Å². The van der Waals surface area contributed by atoms with Crippen LogP contribution in [0.1, 0.15) is 46.6 Å². The Bertz CT molecular complexity index is 782. The second kappa shape index (κ2) is 12.8. The van der Waals surface area contributed by atoms with Crippen molar-refractivity contribution in [3.63, 3.8) is 0 Å². The van der Waals surface area contributed by atoms with E-state index in [1.54, 1.807) is 13.8 Å². The highest BCUT2D eigenvalue weighted by molar-refractivity contribution is 5.94. The summed E-state index contributed by atoms with van der Waals surface area (Å²) in [5, 5.41) is 16.8. The number of amides is 3. The van der Waals surface area contributed by atoms with Gasteiger partial charge in [-0.1, -0.05) is 58.0 Å². The molecular weight excluding hydrogens is 412 g/mol. The minimum absolute atomic E-state index is 0.0672. The maximum Gasteiger partial charge on any atom is 0.325 e. The monoisotopic (exact) mass is 448 g/mol. The van der Waals surface area contributed by atoms with Gasteiger partial charge in [0.1, 0.15) is 18.1 Å². The van der Waals surface area contributed by atoms with Crippen LogP contribution in [0, 0.1) is 11.8 Å². The molecule has 0 radical (unpaired) electrons. The zero-order valence-electron chi connectivity index (χ0n) is 19.4. The van der Waals surface area contributed by atoms with Crippen LogP contribution in [-0.4, -0.2) is 53.0 Å². The first-order valence-electron chi connectivity index (χ1n) is 10.9. The Hall–Kier alpha value is -2.94. The second-order valence-electron chi connectivity index (χ2n) is 8.79. The molecule has 0 aliphatic heterocycles. The highest BCUT2D eigenvalue weighted by Crippen LogP contribution is 2.09. The van der Waals surface area contributed by atoms with Gasteiger partial charge in [0.2, 0.25) is 17.7 Å². The lowest BCUT2D eigenvalue weighted by atomic mass is 9.99. The Morgan fingerprint density at radius 3 is 1.97 bits per heavy atom. The Morgan fingerprint density at radius 2 is 1.47 bits per heavy atom. The third-order valence-corrected chi connectivity index (χ3v) is 4.95. The van der Waals surface area contributed by atoms with Crippen molar-refractivity contribution in [2.24, 2.45) is 17.6 Å². The van der Waals surface area contributed by atoms with Gasteiger partial charge in [0.05, 0.1) is 6.04 Å². The molecule has 0 fully saturated rings. The number of benzene rings is 1. The SMILES string of the molecule is CC(C)CC(NC(=O)C(NC(=O)C(N)Cc1ccccc1)C(C)C)C(=O)NC(C)C(=O)O. The number of hydrogen-bond acceptors (Lipinski definition) is 5. The molecule has 0 bridgehead atoms. The van der Waals surface area contributed by atoms with Gasteiger partial charge in [0, 0.05) is 0 Å². The number of nitrogens with one attached hydrogen (secondary N) is 3. The average Bonchev–Trinajstić information content (AvgIpc) is 2.71. The molecule has 3 amide bonds. The highest BCUT2D eigenvalue weighted by atomic mass is 16.4. The van der Waals surface area contributed by atoms with E-state index in [2.05, 4.69) is 16.0 Å². The van der Waals surface area contributed by atoms with Crippen LogP contribution in [0.2, 0.25) is 0 Å². The molecule has 178 valence electrons. The third kappa shape index (κ3) is 9.05. The summed E-state index contributed by atoms with van der Waals surface area (Å²) < 4.78 is 0. The lowest BCUT2D eigenvalue weighted by Gasteiger charge is -2.27. The second-order valence-corrected chi connectivity index (χ2v) is 8.79. The quantitative estimate of drug-likeness (QED) is 0.319. The standard InChI is InChI=1S/C23H36N4O5/c1-13(2)11-18(21(29)25-15(5)23(31)32)26-22(30)19(14(3)4)27-20(28)17(24)12-16-9-7-6-8-10-16/h6-10,13-15,17-19H,11-12,24H2,1-5H3,(H,25,29)(H,26,30)(H,27,28)(H,31,32). The Kier molecular flexibility index (Phi) is 10.8. The van der Waals surface area contributed by atoms with Crippen molar-refractivity contribution in [1.29, 1.82) is 0 Å². The number of carbonyl (C=O) groups is 4. The van der Waals surface area contributed by atoms with E-state index in [1.165, 1.54) is 6.92 Å². The zero-order valence-corrected chi connectivity index (χ0v) is 19.4. The molecule has 4 unspecified atom stereocenters. The predicted molar refractivity (Wildman–Crippen MR) is 122 cm³/mol. The fourth-order valence-corrected chi connectivity index (χ4v) is 3.10. The fraction of sp³-hybridized carbons (Fsp3) is 0.565. The first-order valence-corrected chi connectivity index (χ1v) is 10.9. The van der Waals surface area contributed by atoms with Crippen molar-refractivity contribution in [1.82, 2.24) is 16.0 Å². The average molecular weight is 449 g/mol. The van der Waals surface area contributed by atoms with E-state index in [0.717, 1.165) is 5.56 Å². The molecule has 0 aromatic heterocycles. The minimum Gasteiger partial charge on any atom is -0.480 e. The molecule has 32 heavy (non-hydrogen) atoms. The maximum absolute atomic E-state index is 13.0. The summed E-state index contributed by atoms with van der Waals surface area (Å²) in [7, 11) is 0. The van der Waals surface area contributed by atoms with Gasteiger partial charge in [0.15, 0.2) is 0 Å². The van der Waals surface area contributed by atoms with Crippen LogP contribution in [0.5, 0.6) is 0 Å². The van der Waals surface area contributed by atoms with Crippen molar-refractivity contribution in [2.45, 2.75) is 71.6 Å². The van der Waals surface area contributed by atoms with E-state index in [-0.39, 0.29) is 11.8 Å². The van der Waals surface area contributed by atoms with Gasteiger partial charge in [-0.15, -0.1) is 0 Å². The van der Waals surface area contributed by atoms with E-state index < -0.39 is 47.9 Å². The fourth-order valence-electron chi connectivity index (χ4n) is 3.10. The highest BCUT2D eigenvalue weighted by Gasteiger charge is 2.31. The number of hydrogen-bond donors (Lipinski definition) is 5. The Labute approximate surface area is 189 Å². The smallest absolute Gasteiger partial charge is 0.325 e. The Balaban J connectivity index is 2.85. The largest absolute Gasteiger partial charge is 0.480 e. The number of rotatable bonds is 12. The van der Waals surface area contributed by atoms with Crippen molar-refractivity contribution < 1.29 is 24.3 Å². The van der Waals surface area contributed by atoms with Gasteiger partial charge < -0.3 is 26.8 Å². The molecule has 6 N–H and O–H groups in total. The zero-order chi connectivity index (χ0) is 24.4.